The van der Waals surface area contributed by atoms with E-state index in [1.807, 2.05) is 19.1 Å². The van der Waals surface area contributed by atoms with Crippen molar-refractivity contribution in [3.8, 4) is 0 Å². The van der Waals surface area contributed by atoms with E-state index in [9.17, 15) is 4.39 Å². The summed E-state index contributed by atoms with van der Waals surface area (Å²) in [5, 5.41) is 3.45. The number of aryl methyl sites for hydroxylation is 1. The molecule has 0 heterocycles. The van der Waals surface area contributed by atoms with E-state index in [-0.39, 0.29) is 11.9 Å². The van der Waals surface area contributed by atoms with Gasteiger partial charge in [-0.1, -0.05) is 31.5 Å². The Kier molecular flexibility index (Phi) is 7.03. The maximum atomic E-state index is 14.0. The van der Waals surface area contributed by atoms with Crippen LogP contribution in [0.25, 0.3) is 0 Å². The first-order chi connectivity index (χ1) is 9.08. The molecule has 0 amide bonds. The van der Waals surface area contributed by atoms with E-state index >= 15 is 0 Å². The van der Waals surface area contributed by atoms with Gasteiger partial charge in [0.25, 0.3) is 0 Å². The van der Waals surface area contributed by atoms with Crippen molar-refractivity contribution in [1.29, 1.82) is 0 Å². The van der Waals surface area contributed by atoms with Gasteiger partial charge in [-0.05, 0) is 38.3 Å². The second kappa shape index (κ2) is 8.28. The van der Waals surface area contributed by atoms with Crippen LogP contribution in [-0.2, 0) is 4.74 Å². The van der Waals surface area contributed by atoms with E-state index in [2.05, 4.69) is 19.2 Å². The van der Waals surface area contributed by atoms with Gasteiger partial charge in [0.05, 0.1) is 0 Å². The van der Waals surface area contributed by atoms with Crippen molar-refractivity contribution in [3.05, 3.63) is 35.1 Å². The Morgan fingerprint density at radius 3 is 2.74 bits per heavy atom. The Labute approximate surface area is 116 Å². The van der Waals surface area contributed by atoms with E-state index < -0.39 is 0 Å². The topological polar surface area (TPSA) is 21.3 Å². The fourth-order valence-electron chi connectivity index (χ4n) is 2.32. The maximum absolute atomic E-state index is 14.0. The van der Waals surface area contributed by atoms with Crippen molar-refractivity contribution >= 4 is 0 Å². The van der Waals surface area contributed by atoms with Gasteiger partial charge in [-0.2, -0.15) is 0 Å². The Morgan fingerprint density at radius 2 is 2.11 bits per heavy atom. The number of methoxy groups -OCH3 is 1. The smallest absolute Gasteiger partial charge is 0.127 e. The Morgan fingerprint density at radius 1 is 1.37 bits per heavy atom. The van der Waals surface area contributed by atoms with Gasteiger partial charge in [0.1, 0.15) is 5.82 Å². The molecule has 1 N–H and O–H groups in total. The molecule has 0 radical (unpaired) electrons. The molecule has 3 heteroatoms. The lowest BCUT2D eigenvalue weighted by Gasteiger charge is -2.23. The van der Waals surface area contributed by atoms with Gasteiger partial charge in [-0.25, -0.2) is 4.39 Å². The highest BCUT2D eigenvalue weighted by Gasteiger charge is 2.18. The minimum Gasteiger partial charge on any atom is -0.384 e. The molecule has 0 bridgehead atoms. The average molecular weight is 267 g/mol. The zero-order valence-corrected chi connectivity index (χ0v) is 12.5. The highest BCUT2D eigenvalue weighted by molar-refractivity contribution is 5.27. The first kappa shape index (κ1) is 16.1. The van der Waals surface area contributed by atoms with E-state index in [4.69, 9.17) is 4.74 Å². The molecule has 0 aliphatic heterocycles. The molecule has 0 saturated heterocycles. The summed E-state index contributed by atoms with van der Waals surface area (Å²) in [6, 6.07) is 5.38. The van der Waals surface area contributed by atoms with Gasteiger partial charge in [-0.15, -0.1) is 0 Å². The number of benzene rings is 1. The van der Waals surface area contributed by atoms with Crippen LogP contribution in [0.5, 0.6) is 0 Å². The van der Waals surface area contributed by atoms with Crippen LogP contribution in [0.1, 0.15) is 43.9 Å². The quantitative estimate of drug-likeness (QED) is 0.772. The van der Waals surface area contributed by atoms with Crippen LogP contribution in [0.3, 0.4) is 0 Å². The molecule has 0 spiro atoms. The molecule has 0 saturated carbocycles. The van der Waals surface area contributed by atoms with E-state index in [1.165, 1.54) is 0 Å². The summed E-state index contributed by atoms with van der Waals surface area (Å²) in [4.78, 5) is 0. The fraction of sp³-hybridized carbons (Fsp3) is 0.625. The van der Waals surface area contributed by atoms with Crippen LogP contribution in [0, 0.1) is 18.7 Å². The van der Waals surface area contributed by atoms with E-state index in [1.54, 1.807) is 13.2 Å². The summed E-state index contributed by atoms with van der Waals surface area (Å²) in [6.07, 6.45) is 1.93. The Balaban J connectivity index is 2.85. The van der Waals surface area contributed by atoms with Gasteiger partial charge in [0.15, 0.2) is 0 Å². The molecule has 0 fully saturated rings. The number of halogens is 1. The van der Waals surface area contributed by atoms with Crippen molar-refractivity contribution in [2.45, 2.75) is 39.7 Å². The maximum Gasteiger partial charge on any atom is 0.127 e. The van der Waals surface area contributed by atoms with Crippen LogP contribution in [0.15, 0.2) is 18.2 Å². The van der Waals surface area contributed by atoms with Gasteiger partial charge in [0.2, 0.25) is 0 Å². The fourth-order valence-corrected chi connectivity index (χ4v) is 2.32. The molecular formula is C16H26FNO. The number of nitrogens with one attached hydrogen (secondary N) is 1. The lowest BCUT2D eigenvalue weighted by Crippen LogP contribution is -2.26. The Bertz CT molecular complexity index is 381. The minimum absolute atomic E-state index is 0.0602. The normalized spacial score (nSPS) is 14.4. The predicted molar refractivity (Wildman–Crippen MR) is 77.8 cm³/mol. The van der Waals surface area contributed by atoms with Crippen LogP contribution >= 0.6 is 0 Å². The number of rotatable bonds is 8. The van der Waals surface area contributed by atoms with Crippen molar-refractivity contribution in [1.82, 2.24) is 5.32 Å². The molecule has 0 aliphatic rings. The van der Waals surface area contributed by atoms with E-state index in [0.717, 1.165) is 30.5 Å². The van der Waals surface area contributed by atoms with Crippen LogP contribution in [0.4, 0.5) is 4.39 Å². The highest BCUT2D eigenvalue weighted by atomic mass is 19.1. The van der Waals surface area contributed by atoms with Crippen LogP contribution < -0.4 is 5.32 Å². The largest absolute Gasteiger partial charge is 0.384 e. The zero-order chi connectivity index (χ0) is 14.3. The number of hydrogen-bond acceptors (Lipinski definition) is 2. The van der Waals surface area contributed by atoms with Crippen LogP contribution in [0.2, 0.25) is 0 Å². The molecule has 1 aromatic rings. The second-order valence-corrected chi connectivity index (χ2v) is 5.33. The third-order valence-electron chi connectivity index (χ3n) is 3.26. The van der Waals surface area contributed by atoms with Crippen molar-refractivity contribution < 1.29 is 9.13 Å². The molecule has 1 aromatic carbocycles. The molecule has 2 nitrogen and oxygen atoms in total. The number of ether oxygens (including phenoxy) is 1. The summed E-state index contributed by atoms with van der Waals surface area (Å²) in [7, 11) is 1.71. The summed E-state index contributed by atoms with van der Waals surface area (Å²) >= 11 is 0. The molecule has 2 unspecified atom stereocenters. The summed E-state index contributed by atoms with van der Waals surface area (Å²) in [5.74, 6) is 0.281. The summed E-state index contributed by atoms with van der Waals surface area (Å²) < 4.78 is 19.2. The van der Waals surface area contributed by atoms with Crippen molar-refractivity contribution in [2.24, 2.45) is 5.92 Å². The molecule has 0 aliphatic carbocycles. The van der Waals surface area contributed by atoms with Gasteiger partial charge in [0, 0.05) is 25.3 Å². The third kappa shape index (κ3) is 5.29. The zero-order valence-electron chi connectivity index (χ0n) is 12.5. The minimum atomic E-state index is -0.121. The standard InChI is InChI=1S/C16H26FNO/c1-5-8-18-16(10-13(3)11-19-4)14-9-12(2)6-7-15(14)17/h6-7,9,13,16,18H,5,8,10-11H2,1-4H3. The SMILES string of the molecule is CCCNC(CC(C)COC)c1cc(C)ccc1F. The van der Waals surface area contributed by atoms with Crippen molar-refractivity contribution in [3.63, 3.8) is 0 Å². The first-order valence-electron chi connectivity index (χ1n) is 7.06. The molecule has 2 atom stereocenters. The van der Waals surface area contributed by atoms with Crippen molar-refractivity contribution in [2.75, 3.05) is 20.3 Å². The molecule has 0 aromatic heterocycles. The second-order valence-electron chi connectivity index (χ2n) is 5.33. The Hall–Kier alpha value is -0.930. The summed E-state index contributed by atoms with van der Waals surface area (Å²) in [6.45, 7) is 7.86. The summed E-state index contributed by atoms with van der Waals surface area (Å²) in [5.41, 5.74) is 1.87. The first-order valence-corrected chi connectivity index (χ1v) is 7.06. The van der Waals surface area contributed by atoms with Gasteiger partial charge < -0.3 is 10.1 Å². The lowest BCUT2D eigenvalue weighted by atomic mass is 9.94. The van der Waals surface area contributed by atoms with E-state index in [0.29, 0.717) is 12.5 Å². The average Bonchev–Trinajstić information content (AvgIpc) is 2.38. The highest BCUT2D eigenvalue weighted by Crippen LogP contribution is 2.25. The van der Waals surface area contributed by atoms with Crippen LogP contribution in [-0.4, -0.2) is 20.3 Å². The predicted octanol–water partition coefficient (Wildman–Crippen LogP) is 3.85. The molecular weight excluding hydrogens is 241 g/mol. The molecule has 108 valence electrons. The molecule has 19 heavy (non-hydrogen) atoms. The van der Waals surface area contributed by atoms with Gasteiger partial charge in [-0.3, -0.25) is 0 Å². The van der Waals surface area contributed by atoms with Gasteiger partial charge >= 0.3 is 0 Å². The lowest BCUT2D eigenvalue weighted by molar-refractivity contribution is 0.149. The molecule has 1 rings (SSSR count). The number of hydrogen-bond donors (Lipinski definition) is 1. The third-order valence-corrected chi connectivity index (χ3v) is 3.26. The monoisotopic (exact) mass is 267 g/mol.